The van der Waals surface area contributed by atoms with Gasteiger partial charge in [0.05, 0.1) is 22.3 Å². The van der Waals surface area contributed by atoms with Crippen LogP contribution in [0.15, 0.2) is 12.1 Å². The van der Waals surface area contributed by atoms with Crippen molar-refractivity contribution in [1.82, 2.24) is 5.32 Å². The zero-order chi connectivity index (χ0) is 12.8. The number of ether oxygens (including phenoxy) is 1. The van der Waals surface area contributed by atoms with Gasteiger partial charge in [-0.05, 0) is 24.4 Å². The summed E-state index contributed by atoms with van der Waals surface area (Å²) < 4.78 is 4.89. The molecular formula is C10H11Cl3N2OS. The Morgan fingerprint density at radius 2 is 1.88 bits per heavy atom. The third kappa shape index (κ3) is 4.85. The second-order valence-electron chi connectivity index (χ2n) is 3.12. The van der Waals surface area contributed by atoms with Gasteiger partial charge < -0.3 is 15.4 Å². The predicted octanol–water partition coefficient (Wildman–Crippen LogP) is 3.58. The molecule has 0 aliphatic carbocycles. The molecule has 0 bridgehead atoms. The molecule has 1 aromatic carbocycles. The highest BCUT2D eigenvalue weighted by molar-refractivity contribution is 7.80. The Morgan fingerprint density at radius 3 is 2.41 bits per heavy atom. The van der Waals surface area contributed by atoms with Crippen LogP contribution < -0.4 is 10.6 Å². The van der Waals surface area contributed by atoms with E-state index in [0.29, 0.717) is 39.0 Å². The van der Waals surface area contributed by atoms with Gasteiger partial charge in [-0.3, -0.25) is 0 Å². The van der Waals surface area contributed by atoms with Crippen LogP contribution in [0.2, 0.25) is 15.1 Å². The van der Waals surface area contributed by atoms with Crippen LogP contribution in [-0.4, -0.2) is 25.4 Å². The molecule has 0 spiro atoms. The zero-order valence-corrected chi connectivity index (χ0v) is 12.1. The van der Waals surface area contributed by atoms with Gasteiger partial charge in [0.1, 0.15) is 0 Å². The molecule has 3 nitrogen and oxygen atoms in total. The number of methoxy groups -OCH3 is 1. The Morgan fingerprint density at radius 1 is 1.29 bits per heavy atom. The minimum atomic E-state index is 0.415. The minimum absolute atomic E-state index is 0.415. The average molecular weight is 314 g/mol. The maximum Gasteiger partial charge on any atom is 0.170 e. The molecule has 7 heteroatoms. The molecule has 0 aromatic heterocycles. The summed E-state index contributed by atoms with van der Waals surface area (Å²) in [5.74, 6) is 0. The highest BCUT2D eigenvalue weighted by Gasteiger charge is 2.08. The van der Waals surface area contributed by atoms with Crippen LogP contribution in [0.3, 0.4) is 0 Å². The quantitative estimate of drug-likeness (QED) is 0.657. The van der Waals surface area contributed by atoms with E-state index in [1.54, 1.807) is 19.2 Å². The van der Waals surface area contributed by atoms with Crippen molar-refractivity contribution in [3.8, 4) is 0 Å². The fourth-order valence-electron chi connectivity index (χ4n) is 1.09. The van der Waals surface area contributed by atoms with Crippen LogP contribution in [0.5, 0.6) is 0 Å². The Bertz CT molecular complexity index is 392. The van der Waals surface area contributed by atoms with Crippen molar-refractivity contribution in [2.24, 2.45) is 0 Å². The highest BCUT2D eigenvalue weighted by Crippen LogP contribution is 2.33. The lowest BCUT2D eigenvalue weighted by atomic mass is 10.3. The Kier molecular flexibility index (Phi) is 6.30. The van der Waals surface area contributed by atoms with Crippen molar-refractivity contribution < 1.29 is 4.74 Å². The van der Waals surface area contributed by atoms with E-state index >= 15 is 0 Å². The summed E-state index contributed by atoms with van der Waals surface area (Å²) >= 11 is 22.9. The number of thiocarbonyl (C=S) groups is 1. The Hall–Kier alpha value is -0.260. The summed E-state index contributed by atoms with van der Waals surface area (Å²) in [7, 11) is 1.62. The molecule has 17 heavy (non-hydrogen) atoms. The van der Waals surface area contributed by atoms with Crippen LogP contribution in [-0.2, 0) is 4.74 Å². The first kappa shape index (κ1) is 14.8. The number of nitrogens with one attached hydrogen (secondary N) is 2. The molecule has 0 radical (unpaired) electrons. The molecule has 0 atom stereocenters. The number of rotatable bonds is 4. The fraction of sp³-hybridized carbons (Fsp3) is 0.300. The van der Waals surface area contributed by atoms with E-state index in [4.69, 9.17) is 51.8 Å². The zero-order valence-electron chi connectivity index (χ0n) is 9.02. The van der Waals surface area contributed by atoms with Gasteiger partial charge in [-0.25, -0.2) is 0 Å². The maximum absolute atomic E-state index is 6.00. The molecule has 94 valence electrons. The van der Waals surface area contributed by atoms with Gasteiger partial charge >= 0.3 is 0 Å². The topological polar surface area (TPSA) is 33.3 Å². The molecule has 0 amide bonds. The summed E-state index contributed by atoms with van der Waals surface area (Å²) in [5, 5.41) is 7.58. The van der Waals surface area contributed by atoms with Crippen molar-refractivity contribution in [2.45, 2.75) is 0 Å². The van der Waals surface area contributed by atoms with E-state index in [-0.39, 0.29) is 0 Å². The van der Waals surface area contributed by atoms with Gasteiger partial charge in [-0.1, -0.05) is 34.8 Å². The predicted molar refractivity (Wildman–Crippen MR) is 77.6 cm³/mol. The van der Waals surface area contributed by atoms with E-state index in [2.05, 4.69) is 10.6 Å². The number of hydrogen-bond acceptors (Lipinski definition) is 2. The summed E-state index contributed by atoms with van der Waals surface area (Å²) in [5.41, 5.74) is 0.535. The lowest BCUT2D eigenvalue weighted by Gasteiger charge is -2.13. The average Bonchev–Trinajstić information content (AvgIpc) is 2.24. The van der Waals surface area contributed by atoms with Gasteiger partial charge in [0, 0.05) is 18.7 Å². The van der Waals surface area contributed by atoms with E-state index in [1.165, 1.54) is 0 Å². The van der Waals surface area contributed by atoms with E-state index < -0.39 is 0 Å². The molecule has 0 heterocycles. The standard InChI is InChI=1S/C10H11Cl3N2OS/c1-16-3-2-14-10(17)15-9-7(12)4-6(11)5-8(9)13/h4-5H,2-3H2,1H3,(H2,14,15,17). The monoisotopic (exact) mass is 312 g/mol. The van der Waals surface area contributed by atoms with Crippen LogP contribution in [0.25, 0.3) is 0 Å². The van der Waals surface area contributed by atoms with Gasteiger partial charge in [0.15, 0.2) is 5.11 Å². The SMILES string of the molecule is COCCNC(=S)Nc1c(Cl)cc(Cl)cc1Cl. The molecule has 0 saturated carbocycles. The van der Waals surface area contributed by atoms with Gasteiger partial charge in [0.2, 0.25) is 0 Å². The molecule has 1 rings (SSSR count). The normalized spacial score (nSPS) is 10.1. The van der Waals surface area contributed by atoms with Gasteiger partial charge in [-0.2, -0.15) is 0 Å². The second kappa shape index (κ2) is 7.24. The van der Waals surface area contributed by atoms with Crippen LogP contribution in [0, 0.1) is 0 Å². The number of hydrogen-bond donors (Lipinski definition) is 2. The van der Waals surface area contributed by atoms with Crippen molar-refractivity contribution in [2.75, 3.05) is 25.6 Å². The maximum atomic E-state index is 6.00. The summed E-state index contributed by atoms with van der Waals surface area (Å²) in [6, 6.07) is 3.18. The van der Waals surface area contributed by atoms with Gasteiger partial charge in [0.25, 0.3) is 0 Å². The van der Waals surface area contributed by atoms with Gasteiger partial charge in [-0.15, -0.1) is 0 Å². The third-order valence-electron chi connectivity index (χ3n) is 1.84. The first-order valence-electron chi connectivity index (χ1n) is 4.73. The molecule has 0 aliphatic heterocycles. The summed E-state index contributed by atoms with van der Waals surface area (Å²) in [4.78, 5) is 0. The molecule has 2 N–H and O–H groups in total. The second-order valence-corrected chi connectivity index (χ2v) is 4.78. The lowest BCUT2D eigenvalue weighted by Crippen LogP contribution is -2.31. The molecule has 1 aromatic rings. The summed E-state index contributed by atoms with van der Waals surface area (Å²) in [6.07, 6.45) is 0. The van der Waals surface area contributed by atoms with Crippen LogP contribution >= 0.6 is 47.0 Å². The number of anilines is 1. The van der Waals surface area contributed by atoms with E-state index in [9.17, 15) is 0 Å². The van der Waals surface area contributed by atoms with Crippen molar-refractivity contribution in [1.29, 1.82) is 0 Å². The smallest absolute Gasteiger partial charge is 0.170 e. The fourth-order valence-corrected chi connectivity index (χ4v) is 2.20. The first-order chi connectivity index (χ1) is 8.04. The van der Waals surface area contributed by atoms with Crippen LogP contribution in [0.4, 0.5) is 5.69 Å². The first-order valence-corrected chi connectivity index (χ1v) is 6.27. The molecule has 0 saturated heterocycles. The van der Waals surface area contributed by atoms with E-state index in [0.717, 1.165) is 0 Å². The molecular weight excluding hydrogens is 303 g/mol. The van der Waals surface area contributed by atoms with Crippen LogP contribution in [0.1, 0.15) is 0 Å². The third-order valence-corrected chi connectivity index (χ3v) is 2.90. The van der Waals surface area contributed by atoms with Crippen molar-refractivity contribution in [3.63, 3.8) is 0 Å². The highest BCUT2D eigenvalue weighted by atomic mass is 35.5. The summed E-state index contributed by atoms with van der Waals surface area (Å²) in [6.45, 7) is 1.16. The molecule has 0 unspecified atom stereocenters. The number of benzene rings is 1. The molecule has 0 aliphatic rings. The van der Waals surface area contributed by atoms with Crippen molar-refractivity contribution in [3.05, 3.63) is 27.2 Å². The largest absolute Gasteiger partial charge is 0.383 e. The number of halogens is 3. The minimum Gasteiger partial charge on any atom is -0.383 e. The Labute approximate surface area is 120 Å². The Balaban J connectivity index is 2.65. The van der Waals surface area contributed by atoms with E-state index in [1.807, 2.05) is 0 Å². The molecule has 0 fully saturated rings. The lowest BCUT2D eigenvalue weighted by molar-refractivity contribution is 0.204. The van der Waals surface area contributed by atoms with Crippen molar-refractivity contribution >= 4 is 57.8 Å².